The minimum absolute atomic E-state index is 0.103. The molecule has 4 rings (SSSR count). The molecule has 4 amide bonds. The average molecular weight is 566 g/mol. The molecular formula is C24H15Cl3N2O6S. The first-order chi connectivity index (χ1) is 17.0. The maximum atomic E-state index is 13.1. The molecular weight excluding hydrogens is 551 g/mol. The van der Waals surface area contributed by atoms with Gasteiger partial charge in [0.2, 0.25) is 0 Å². The summed E-state index contributed by atoms with van der Waals surface area (Å²) in [4.78, 5) is 38.6. The van der Waals surface area contributed by atoms with Crippen LogP contribution in [0.25, 0.3) is 6.08 Å². The van der Waals surface area contributed by atoms with Crippen LogP contribution in [0.3, 0.4) is 0 Å². The van der Waals surface area contributed by atoms with Crippen LogP contribution in [0.2, 0.25) is 15.1 Å². The molecule has 0 unspecified atom stereocenters. The number of urea groups is 1. The van der Waals surface area contributed by atoms with Crippen molar-refractivity contribution in [3.63, 3.8) is 0 Å². The molecule has 0 saturated carbocycles. The van der Waals surface area contributed by atoms with Crippen molar-refractivity contribution < 1.29 is 27.0 Å². The molecule has 1 saturated heterocycles. The van der Waals surface area contributed by atoms with Crippen LogP contribution in [0.5, 0.6) is 5.75 Å². The average Bonchev–Trinajstić information content (AvgIpc) is 2.82. The summed E-state index contributed by atoms with van der Waals surface area (Å²) in [6.45, 7) is 1.75. The van der Waals surface area contributed by atoms with Gasteiger partial charge in [-0.3, -0.25) is 14.9 Å². The third kappa shape index (κ3) is 5.10. The smallest absolute Gasteiger partial charge is 0.339 e. The van der Waals surface area contributed by atoms with Crippen molar-refractivity contribution >= 4 is 74.5 Å². The normalized spacial score (nSPS) is 15.3. The Morgan fingerprint density at radius 2 is 1.53 bits per heavy atom. The second kappa shape index (κ2) is 9.94. The zero-order valence-electron chi connectivity index (χ0n) is 18.3. The highest BCUT2D eigenvalue weighted by atomic mass is 35.5. The lowest BCUT2D eigenvalue weighted by Gasteiger charge is -2.26. The number of nitrogens with one attached hydrogen (secondary N) is 1. The van der Waals surface area contributed by atoms with Gasteiger partial charge in [-0.15, -0.1) is 0 Å². The Labute approximate surface area is 221 Å². The Balaban J connectivity index is 1.68. The van der Waals surface area contributed by atoms with Crippen molar-refractivity contribution in [2.24, 2.45) is 0 Å². The molecule has 1 heterocycles. The van der Waals surface area contributed by atoms with E-state index in [-0.39, 0.29) is 37.5 Å². The number of hydrogen-bond acceptors (Lipinski definition) is 6. The van der Waals surface area contributed by atoms with Crippen LogP contribution < -0.4 is 14.4 Å². The number of imide groups is 2. The molecule has 0 atom stereocenters. The molecule has 0 radical (unpaired) electrons. The van der Waals surface area contributed by atoms with Crippen molar-refractivity contribution in [3.05, 3.63) is 92.4 Å². The minimum atomic E-state index is -4.22. The van der Waals surface area contributed by atoms with Gasteiger partial charge in [0.05, 0.1) is 15.7 Å². The number of amides is 4. The summed E-state index contributed by atoms with van der Waals surface area (Å²) in [5.74, 6) is -2.16. The first-order valence-corrected chi connectivity index (χ1v) is 12.7. The van der Waals surface area contributed by atoms with Gasteiger partial charge in [0.1, 0.15) is 10.5 Å². The van der Waals surface area contributed by atoms with Crippen LogP contribution in [0.15, 0.2) is 71.1 Å². The Hall–Kier alpha value is -3.37. The molecule has 1 N–H and O–H groups in total. The third-order valence-corrected chi connectivity index (χ3v) is 7.28. The number of benzene rings is 3. The van der Waals surface area contributed by atoms with Crippen LogP contribution in [0.1, 0.15) is 11.1 Å². The number of anilines is 1. The largest absolute Gasteiger partial charge is 0.376 e. The summed E-state index contributed by atoms with van der Waals surface area (Å²) in [7, 11) is -4.22. The van der Waals surface area contributed by atoms with E-state index in [2.05, 4.69) is 5.32 Å². The summed E-state index contributed by atoms with van der Waals surface area (Å²) in [6.07, 6.45) is 1.17. The van der Waals surface area contributed by atoms with Gasteiger partial charge in [0.15, 0.2) is 5.75 Å². The van der Waals surface area contributed by atoms with Gasteiger partial charge in [0, 0.05) is 5.02 Å². The number of rotatable bonds is 5. The van der Waals surface area contributed by atoms with Gasteiger partial charge in [-0.25, -0.2) is 9.69 Å². The molecule has 36 heavy (non-hydrogen) atoms. The maximum Gasteiger partial charge on any atom is 0.339 e. The van der Waals surface area contributed by atoms with Crippen molar-refractivity contribution in [1.82, 2.24) is 5.32 Å². The van der Waals surface area contributed by atoms with Gasteiger partial charge in [0.25, 0.3) is 11.8 Å². The fourth-order valence-electron chi connectivity index (χ4n) is 3.27. The molecule has 0 aliphatic carbocycles. The molecule has 0 bridgehead atoms. The van der Waals surface area contributed by atoms with E-state index in [9.17, 15) is 22.8 Å². The summed E-state index contributed by atoms with van der Waals surface area (Å²) in [5.41, 5.74) is 0.698. The number of hydrogen-bond donors (Lipinski definition) is 1. The fourth-order valence-corrected chi connectivity index (χ4v) is 5.10. The van der Waals surface area contributed by atoms with Crippen LogP contribution in [-0.4, -0.2) is 26.3 Å². The number of nitrogens with zero attached hydrogens (tertiary/aromatic N) is 1. The second-order valence-corrected chi connectivity index (χ2v) is 10.3. The standard InChI is InChI=1S/C24H15Cl3N2O6S/c1-13-7-8-15(12-18(13)25)29-23(31)17(22(30)28-24(29)32)9-14-10-19(26)21(20(27)11-14)35-36(33,34)16-5-3-2-4-6-16/h2-12H,1H3,(H,28,30,32)/b17-9+. The van der Waals surface area contributed by atoms with Gasteiger partial charge < -0.3 is 4.18 Å². The molecule has 0 spiro atoms. The first kappa shape index (κ1) is 25.7. The Kier molecular flexibility index (Phi) is 7.10. The maximum absolute atomic E-state index is 13.1. The Bertz CT molecular complexity index is 1530. The van der Waals surface area contributed by atoms with E-state index in [0.29, 0.717) is 5.02 Å². The zero-order valence-corrected chi connectivity index (χ0v) is 21.4. The zero-order chi connectivity index (χ0) is 26.2. The van der Waals surface area contributed by atoms with Crippen molar-refractivity contribution in [1.29, 1.82) is 0 Å². The quantitative estimate of drug-likeness (QED) is 0.252. The van der Waals surface area contributed by atoms with Gasteiger partial charge in [-0.1, -0.05) is 59.1 Å². The van der Waals surface area contributed by atoms with E-state index >= 15 is 0 Å². The van der Waals surface area contributed by atoms with E-state index < -0.39 is 28.0 Å². The summed E-state index contributed by atoms with van der Waals surface area (Å²) in [5, 5.41) is 2.06. The monoisotopic (exact) mass is 564 g/mol. The molecule has 8 nitrogen and oxygen atoms in total. The van der Waals surface area contributed by atoms with Gasteiger partial charge in [-0.05, 0) is 60.5 Å². The topological polar surface area (TPSA) is 110 Å². The van der Waals surface area contributed by atoms with Gasteiger partial charge in [-0.2, -0.15) is 8.42 Å². The SMILES string of the molecule is Cc1ccc(N2C(=O)NC(=O)/C(=C\c3cc(Cl)c(OS(=O)(=O)c4ccccc4)c(Cl)c3)C2=O)cc1Cl. The lowest BCUT2D eigenvalue weighted by Crippen LogP contribution is -2.54. The molecule has 3 aromatic carbocycles. The fraction of sp³-hybridized carbons (Fsp3) is 0.0417. The van der Waals surface area contributed by atoms with Crippen LogP contribution in [0, 0.1) is 6.92 Å². The van der Waals surface area contributed by atoms with Gasteiger partial charge >= 0.3 is 16.1 Å². The summed E-state index contributed by atoms with van der Waals surface area (Å²) in [6, 6.07) is 13.5. The molecule has 184 valence electrons. The van der Waals surface area contributed by atoms with Crippen molar-refractivity contribution in [3.8, 4) is 5.75 Å². The number of aryl methyl sites for hydroxylation is 1. The molecule has 12 heteroatoms. The lowest BCUT2D eigenvalue weighted by atomic mass is 10.1. The second-order valence-electron chi connectivity index (χ2n) is 7.56. The molecule has 1 aliphatic heterocycles. The number of carbonyl (C=O) groups is 3. The summed E-state index contributed by atoms with van der Waals surface area (Å²) >= 11 is 18.6. The van der Waals surface area contributed by atoms with E-state index in [4.69, 9.17) is 39.0 Å². The Morgan fingerprint density at radius 3 is 2.14 bits per heavy atom. The van der Waals surface area contributed by atoms with E-state index in [1.807, 2.05) is 0 Å². The van der Waals surface area contributed by atoms with Crippen LogP contribution >= 0.6 is 34.8 Å². The summed E-state index contributed by atoms with van der Waals surface area (Å²) < 4.78 is 30.2. The minimum Gasteiger partial charge on any atom is -0.376 e. The van der Waals surface area contributed by atoms with Crippen molar-refractivity contribution in [2.45, 2.75) is 11.8 Å². The number of barbiturate groups is 1. The molecule has 1 fully saturated rings. The Morgan fingerprint density at radius 1 is 0.889 bits per heavy atom. The number of carbonyl (C=O) groups excluding carboxylic acids is 3. The van der Waals surface area contributed by atoms with E-state index in [1.54, 1.807) is 19.1 Å². The highest BCUT2D eigenvalue weighted by Crippen LogP contribution is 2.37. The van der Waals surface area contributed by atoms with E-state index in [0.717, 1.165) is 10.5 Å². The van der Waals surface area contributed by atoms with Crippen molar-refractivity contribution in [2.75, 3.05) is 4.90 Å². The number of halogens is 3. The third-order valence-electron chi connectivity index (χ3n) is 5.07. The van der Waals surface area contributed by atoms with Crippen LogP contribution in [-0.2, 0) is 19.7 Å². The highest BCUT2D eigenvalue weighted by Gasteiger charge is 2.37. The first-order valence-electron chi connectivity index (χ1n) is 10.1. The molecule has 0 aromatic heterocycles. The van der Waals surface area contributed by atoms with E-state index in [1.165, 1.54) is 54.6 Å². The highest BCUT2D eigenvalue weighted by molar-refractivity contribution is 7.87. The predicted molar refractivity (Wildman–Crippen MR) is 136 cm³/mol. The predicted octanol–water partition coefficient (Wildman–Crippen LogP) is 5.39. The molecule has 1 aliphatic rings. The lowest BCUT2D eigenvalue weighted by molar-refractivity contribution is -0.122. The van der Waals surface area contributed by atoms with Crippen LogP contribution in [0.4, 0.5) is 10.5 Å². The molecule has 3 aromatic rings.